The molecule has 0 saturated carbocycles. The number of ether oxygens (including phenoxy) is 1. The number of carbonyl (C=O) groups is 1. The first-order valence-corrected chi connectivity index (χ1v) is 6.96. The van der Waals surface area contributed by atoms with Gasteiger partial charge in [-0.15, -0.1) is 23.7 Å². The van der Waals surface area contributed by atoms with E-state index >= 15 is 0 Å². The summed E-state index contributed by atoms with van der Waals surface area (Å²) in [6.07, 6.45) is 1.73. The van der Waals surface area contributed by atoms with Gasteiger partial charge in [-0.2, -0.15) is 0 Å². The fraction of sp³-hybridized carbons (Fsp3) is 0.286. The highest BCUT2D eigenvalue weighted by molar-refractivity contribution is 7.15. The van der Waals surface area contributed by atoms with E-state index in [4.69, 9.17) is 10.5 Å². The zero-order chi connectivity index (χ0) is 14.5. The number of rotatable bonds is 5. The number of esters is 1. The van der Waals surface area contributed by atoms with Crippen molar-refractivity contribution in [2.75, 3.05) is 19.9 Å². The summed E-state index contributed by atoms with van der Waals surface area (Å²) < 4.78 is 4.91. The Morgan fingerprint density at radius 3 is 2.62 bits per heavy atom. The lowest BCUT2D eigenvalue weighted by Crippen LogP contribution is -2.31. The molecule has 114 valence electrons. The van der Waals surface area contributed by atoms with Crippen molar-refractivity contribution in [1.82, 2.24) is 9.88 Å². The Morgan fingerprint density at radius 2 is 2.10 bits per heavy atom. The van der Waals surface area contributed by atoms with Gasteiger partial charge in [0.15, 0.2) is 5.13 Å². The Hall–Kier alpha value is -1.63. The molecule has 1 atom stereocenters. The third-order valence-corrected chi connectivity index (χ3v) is 3.77. The fourth-order valence-corrected chi connectivity index (χ4v) is 2.80. The van der Waals surface area contributed by atoms with Crippen LogP contribution in [-0.4, -0.2) is 30.0 Å². The smallest absolute Gasteiger partial charge is 0.327 e. The van der Waals surface area contributed by atoms with E-state index in [1.54, 1.807) is 6.20 Å². The lowest BCUT2D eigenvalue weighted by molar-refractivity contribution is -0.147. The summed E-state index contributed by atoms with van der Waals surface area (Å²) in [4.78, 5) is 19.0. The number of nitrogen functional groups attached to an aromatic ring is 1. The van der Waals surface area contributed by atoms with Crippen molar-refractivity contribution in [2.24, 2.45) is 0 Å². The molecule has 0 spiro atoms. The van der Waals surface area contributed by atoms with Gasteiger partial charge in [0.2, 0.25) is 0 Å². The minimum Gasteiger partial charge on any atom is -0.468 e. The van der Waals surface area contributed by atoms with Crippen LogP contribution in [0, 0.1) is 0 Å². The number of carbonyl (C=O) groups excluding carboxylic acids is 1. The number of anilines is 1. The number of likely N-dealkylation sites (N-methyl/N-ethyl adjacent to an activating group) is 1. The molecule has 0 saturated heterocycles. The molecule has 1 aromatic heterocycles. The molecule has 0 fully saturated rings. The van der Waals surface area contributed by atoms with Crippen LogP contribution >= 0.6 is 23.7 Å². The Morgan fingerprint density at radius 1 is 1.43 bits per heavy atom. The van der Waals surface area contributed by atoms with Gasteiger partial charge in [0, 0.05) is 17.6 Å². The van der Waals surface area contributed by atoms with Crippen LogP contribution in [-0.2, 0) is 16.1 Å². The molecule has 21 heavy (non-hydrogen) atoms. The predicted octanol–water partition coefficient (Wildman–Crippen LogP) is 2.49. The molecule has 0 aliphatic rings. The van der Waals surface area contributed by atoms with Crippen molar-refractivity contribution in [3.63, 3.8) is 0 Å². The van der Waals surface area contributed by atoms with Crippen LogP contribution in [0.4, 0.5) is 5.13 Å². The normalized spacial score (nSPS) is 11.8. The first-order chi connectivity index (χ1) is 9.61. The molecule has 0 radical (unpaired) electrons. The average Bonchev–Trinajstić information content (AvgIpc) is 2.85. The summed E-state index contributed by atoms with van der Waals surface area (Å²) in [7, 11) is 3.28. The number of halogens is 1. The van der Waals surface area contributed by atoms with Gasteiger partial charge in [-0.05, 0) is 12.6 Å². The van der Waals surface area contributed by atoms with Gasteiger partial charge in [0.05, 0.1) is 7.11 Å². The number of nitrogens with two attached hydrogens (primary N) is 1. The standard InChI is InChI=1S/C14H17N3O2S.ClH/c1-17(9-11-8-16-14(15)20-11)12(13(18)19-2)10-6-4-3-5-7-10;/h3-8,12H,9H2,1-2H3,(H2,15,16);1H. The second-order valence-corrected chi connectivity index (χ2v) is 5.56. The molecule has 0 aliphatic carbocycles. The van der Waals surface area contributed by atoms with Crippen LogP contribution in [0.5, 0.6) is 0 Å². The van der Waals surface area contributed by atoms with E-state index in [1.807, 2.05) is 42.3 Å². The molecule has 0 aliphatic heterocycles. The first kappa shape index (κ1) is 17.4. The molecular weight excluding hydrogens is 310 g/mol. The van der Waals surface area contributed by atoms with Gasteiger partial charge < -0.3 is 10.5 Å². The van der Waals surface area contributed by atoms with E-state index in [2.05, 4.69) is 4.98 Å². The fourth-order valence-electron chi connectivity index (χ4n) is 2.05. The van der Waals surface area contributed by atoms with E-state index in [-0.39, 0.29) is 18.4 Å². The number of benzene rings is 1. The molecule has 7 heteroatoms. The maximum atomic E-state index is 12.0. The lowest BCUT2D eigenvalue weighted by atomic mass is 10.1. The largest absolute Gasteiger partial charge is 0.468 e. The van der Waals surface area contributed by atoms with Gasteiger partial charge in [0.1, 0.15) is 6.04 Å². The highest BCUT2D eigenvalue weighted by atomic mass is 35.5. The minimum absolute atomic E-state index is 0. The van der Waals surface area contributed by atoms with Crippen molar-refractivity contribution in [3.8, 4) is 0 Å². The van der Waals surface area contributed by atoms with Crippen molar-refractivity contribution in [3.05, 3.63) is 47.0 Å². The third-order valence-electron chi connectivity index (χ3n) is 2.96. The summed E-state index contributed by atoms with van der Waals surface area (Å²) in [5.41, 5.74) is 6.53. The van der Waals surface area contributed by atoms with Crippen molar-refractivity contribution >= 4 is 34.8 Å². The molecule has 2 N–H and O–H groups in total. The number of methoxy groups -OCH3 is 1. The molecule has 2 aromatic rings. The van der Waals surface area contributed by atoms with Crippen molar-refractivity contribution < 1.29 is 9.53 Å². The highest BCUT2D eigenvalue weighted by Gasteiger charge is 2.26. The number of nitrogens with zero attached hydrogens (tertiary/aromatic N) is 2. The van der Waals surface area contributed by atoms with E-state index in [0.717, 1.165) is 10.4 Å². The van der Waals surface area contributed by atoms with Gasteiger partial charge in [-0.25, -0.2) is 9.78 Å². The van der Waals surface area contributed by atoms with Gasteiger partial charge >= 0.3 is 5.97 Å². The zero-order valence-corrected chi connectivity index (χ0v) is 13.5. The van der Waals surface area contributed by atoms with Crippen molar-refractivity contribution in [1.29, 1.82) is 0 Å². The lowest BCUT2D eigenvalue weighted by Gasteiger charge is -2.25. The van der Waals surface area contributed by atoms with E-state index in [0.29, 0.717) is 11.7 Å². The van der Waals surface area contributed by atoms with Crippen LogP contribution in [0.2, 0.25) is 0 Å². The molecule has 0 amide bonds. The summed E-state index contributed by atoms with van der Waals surface area (Å²) in [5, 5.41) is 0.530. The third kappa shape index (κ3) is 4.42. The molecule has 1 aromatic carbocycles. The van der Waals surface area contributed by atoms with E-state index in [9.17, 15) is 4.79 Å². The molecule has 0 bridgehead atoms. The monoisotopic (exact) mass is 327 g/mol. The minimum atomic E-state index is -0.440. The summed E-state index contributed by atoms with van der Waals surface area (Å²) in [6, 6.07) is 9.12. The second kappa shape index (κ2) is 7.97. The Labute approximate surface area is 134 Å². The molecule has 5 nitrogen and oxygen atoms in total. The Kier molecular flexibility index (Phi) is 6.61. The maximum Gasteiger partial charge on any atom is 0.327 e. The van der Waals surface area contributed by atoms with Crippen LogP contribution < -0.4 is 5.73 Å². The SMILES string of the molecule is COC(=O)C(c1ccccc1)N(C)Cc1cnc(N)s1.Cl. The van der Waals surface area contributed by atoms with Gasteiger partial charge in [-0.1, -0.05) is 30.3 Å². The maximum absolute atomic E-state index is 12.0. The van der Waals surface area contributed by atoms with Gasteiger partial charge in [-0.3, -0.25) is 4.90 Å². The van der Waals surface area contributed by atoms with Crippen LogP contribution in [0.1, 0.15) is 16.5 Å². The van der Waals surface area contributed by atoms with Crippen LogP contribution in [0.15, 0.2) is 36.5 Å². The predicted molar refractivity (Wildman–Crippen MR) is 86.4 cm³/mol. The molecule has 1 heterocycles. The highest BCUT2D eigenvalue weighted by Crippen LogP contribution is 2.24. The first-order valence-electron chi connectivity index (χ1n) is 6.15. The number of hydrogen-bond donors (Lipinski definition) is 1. The summed E-state index contributed by atoms with van der Waals surface area (Å²) >= 11 is 1.42. The van der Waals surface area contributed by atoms with Crippen molar-refractivity contribution in [2.45, 2.75) is 12.6 Å². The quantitative estimate of drug-likeness (QED) is 0.854. The van der Waals surface area contributed by atoms with E-state index < -0.39 is 6.04 Å². The second-order valence-electron chi connectivity index (χ2n) is 4.42. The summed E-state index contributed by atoms with van der Waals surface area (Å²) in [5.74, 6) is -0.281. The molecule has 1 unspecified atom stereocenters. The number of aromatic nitrogens is 1. The molecular formula is C14H18ClN3O2S. The van der Waals surface area contributed by atoms with Crippen LogP contribution in [0.25, 0.3) is 0 Å². The Bertz CT molecular complexity index is 577. The van der Waals surface area contributed by atoms with Crippen LogP contribution in [0.3, 0.4) is 0 Å². The van der Waals surface area contributed by atoms with E-state index in [1.165, 1.54) is 18.4 Å². The summed E-state index contributed by atoms with van der Waals surface area (Å²) in [6.45, 7) is 0.587. The number of thiazole rings is 1. The zero-order valence-electron chi connectivity index (χ0n) is 11.9. The Balaban J connectivity index is 0.00000220. The topological polar surface area (TPSA) is 68.5 Å². The molecule has 2 rings (SSSR count). The average molecular weight is 328 g/mol. The van der Waals surface area contributed by atoms with Gasteiger partial charge in [0.25, 0.3) is 0 Å². The number of hydrogen-bond acceptors (Lipinski definition) is 6.